The number of amides is 2. The zero-order chi connectivity index (χ0) is 19.8. The minimum Gasteiger partial charge on any atom is -0.616 e. The smallest absolute Gasteiger partial charge is 0.414 e. The fourth-order valence-electron chi connectivity index (χ4n) is 3.41. The third kappa shape index (κ3) is 4.02. The number of carbonyl (C=O) groups is 2. The van der Waals surface area contributed by atoms with Gasteiger partial charge in [0, 0.05) is 18.1 Å². The SMILES string of the molecule is O=C(NCC1CN(c2cc(F)c(N3CC[S+]([O-])CC3)c(F)c2)C(=O)O1)C1CC1. The lowest BCUT2D eigenvalue weighted by Gasteiger charge is -2.30. The third-order valence-corrected chi connectivity index (χ3v) is 6.41. The zero-order valence-electron chi connectivity index (χ0n) is 15.2. The minimum atomic E-state index is -0.954. The molecule has 1 aromatic rings. The van der Waals surface area contributed by atoms with E-state index in [4.69, 9.17) is 4.74 Å². The van der Waals surface area contributed by atoms with E-state index in [0.717, 1.165) is 29.9 Å². The zero-order valence-corrected chi connectivity index (χ0v) is 16.0. The van der Waals surface area contributed by atoms with Crippen LogP contribution >= 0.6 is 0 Å². The summed E-state index contributed by atoms with van der Waals surface area (Å²) in [6, 6.07) is 2.22. The summed E-state index contributed by atoms with van der Waals surface area (Å²) in [7, 11) is 0. The van der Waals surface area contributed by atoms with Gasteiger partial charge in [0.25, 0.3) is 0 Å². The van der Waals surface area contributed by atoms with Gasteiger partial charge in [-0.25, -0.2) is 13.6 Å². The first-order valence-corrected chi connectivity index (χ1v) is 10.8. The Bertz CT molecular complexity index is 761. The van der Waals surface area contributed by atoms with Gasteiger partial charge in [0.15, 0.2) is 11.6 Å². The Labute approximate surface area is 164 Å². The van der Waals surface area contributed by atoms with Crippen molar-refractivity contribution in [3.63, 3.8) is 0 Å². The fourth-order valence-corrected chi connectivity index (χ4v) is 4.47. The maximum absolute atomic E-state index is 14.6. The van der Waals surface area contributed by atoms with E-state index >= 15 is 0 Å². The molecule has 1 saturated carbocycles. The number of nitrogens with zero attached hydrogens (tertiary/aromatic N) is 2. The summed E-state index contributed by atoms with van der Waals surface area (Å²) >= 11 is -0.954. The van der Waals surface area contributed by atoms with E-state index in [9.17, 15) is 22.9 Å². The van der Waals surface area contributed by atoms with Crippen LogP contribution in [0.4, 0.5) is 25.0 Å². The normalized spacial score (nSPS) is 23.1. The molecule has 2 amide bonds. The average Bonchev–Trinajstić information content (AvgIpc) is 3.43. The first kappa shape index (κ1) is 19.3. The minimum absolute atomic E-state index is 0.0520. The molecule has 7 nitrogen and oxygen atoms in total. The summed E-state index contributed by atoms with van der Waals surface area (Å²) in [4.78, 5) is 26.5. The van der Waals surface area contributed by atoms with Gasteiger partial charge in [-0.1, -0.05) is 11.2 Å². The maximum Gasteiger partial charge on any atom is 0.414 e. The van der Waals surface area contributed by atoms with Gasteiger partial charge in [-0.15, -0.1) is 0 Å². The van der Waals surface area contributed by atoms with Gasteiger partial charge in [0.2, 0.25) is 5.91 Å². The highest BCUT2D eigenvalue weighted by Gasteiger charge is 2.36. The molecular formula is C18H21F2N3O4S. The number of halogens is 2. The molecule has 2 saturated heterocycles. The largest absolute Gasteiger partial charge is 0.616 e. The molecule has 0 radical (unpaired) electrons. The highest BCUT2D eigenvalue weighted by Crippen LogP contribution is 2.32. The first-order valence-electron chi connectivity index (χ1n) is 9.27. The molecule has 1 N–H and O–H groups in total. The van der Waals surface area contributed by atoms with Crippen molar-refractivity contribution in [2.45, 2.75) is 18.9 Å². The van der Waals surface area contributed by atoms with Crippen LogP contribution in [0.15, 0.2) is 12.1 Å². The molecule has 1 unspecified atom stereocenters. The number of hydrogen-bond acceptors (Lipinski definition) is 5. The molecular weight excluding hydrogens is 392 g/mol. The predicted molar refractivity (Wildman–Crippen MR) is 99.8 cm³/mol. The molecule has 0 spiro atoms. The van der Waals surface area contributed by atoms with Crippen molar-refractivity contribution < 1.29 is 27.7 Å². The number of benzene rings is 1. The van der Waals surface area contributed by atoms with Gasteiger partial charge in [0.05, 0.1) is 31.9 Å². The van der Waals surface area contributed by atoms with Crippen LogP contribution < -0.4 is 15.1 Å². The lowest BCUT2D eigenvalue weighted by atomic mass is 10.2. The maximum atomic E-state index is 14.6. The van der Waals surface area contributed by atoms with Gasteiger partial charge < -0.3 is 19.5 Å². The molecule has 4 rings (SSSR count). The summed E-state index contributed by atoms with van der Waals surface area (Å²) in [5.74, 6) is -0.822. The van der Waals surface area contributed by atoms with E-state index in [1.54, 1.807) is 0 Å². The molecule has 2 heterocycles. The topological polar surface area (TPSA) is 84.9 Å². The van der Waals surface area contributed by atoms with E-state index < -0.39 is 35.0 Å². The quantitative estimate of drug-likeness (QED) is 0.738. The monoisotopic (exact) mass is 413 g/mol. The third-order valence-electron chi connectivity index (χ3n) is 5.13. The Balaban J connectivity index is 1.43. The molecule has 0 aromatic heterocycles. The highest BCUT2D eigenvalue weighted by atomic mass is 32.2. The predicted octanol–water partition coefficient (Wildman–Crippen LogP) is 1.38. The van der Waals surface area contributed by atoms with E-state index in [2.05, 4.69) is 5.32 Å². The molecule has 3 fully saturated rings. The van der Waals surface area contributed by atoms with Crippen molar-refractivity contribution in [3.8, 4) is 0 Å². The lowest BCUT2D eigenvalue weighted by molar-refractivity contribution is -0.122. The van der Waals surface area contributed by atoms with Crippen LogP contribution in [0.1, 0.15) is 12.8 Å². The summed E-state index contributed by atoms with van der Waals surface area (Å²) in [5, 5.41) is 2.74. The second-order valence-corrected chi connectivity index (χ2v) is 8.93. The Morgan fingerprint density at radius 1 is 1.25 bits per heavy atom. The highest BCUT2D eigenvalue weighted by molar-refractivity contribution is 7.91. The van der Waals surface area contributed by atoms with Crippen LogP contribution in [-0.2, 0) is 20.7 Å². The van der Waals surface area contributed by atoms with Crippen molar-refractivity contribution in [2.75, 3.05) is 47.5 Å². The van der Waals surface area contributed by atoms with E-state index in [1.807, 2.05) is 0 Å². The Hall–Kier alpha value is -2.07. The standard InChI is InChI=1S/C18H21F2N3O4S/c19-14-7-12(8-15(20)16(14)22-3-5-28(26)6-4-22)23-10-13(27-18(23)25)9-21-17(24)11-1-2-11/h7-8,11,13H,1-6,9-10H2,(H,21,24). The first-order chi connectivity index (χ1) is 13.4. The summed E-state index contributed by atoms with van der Waals surface area (Å²) < 4.78 is 45.9. The van der Waals surface area contributed by atoms with Crippen molar-refractivity contribution in [1.82, 2.24) is 5.32 Å². The van der Waals surface area contributed by atoms with Crippen LogP contribution in [-0.4, -0.2) is 60.3 Å². The number of rotatable bonds is 5. The van der Waals surface area contributed by atoms with Crippen LogP contribution in [0.25, 0.3) is 0 Å². The molecule has 2 aliphatic heterocycles. The molecule has 1 aromatic carbocycles. The van der Waals surface area contributed by atoms with E-state index in [0.29, 0.717) is 24.6 Å². The van der Waals surface area contributed by atoms with Gasteiger partial charge in [-0.05, 0) is 12.8 Å². The Morgan fingerprint density at radius 3 is 2.50 bits per heavy atom. The Morgan fingerprint density at radius 2 is 1.89 bits per heavy atom. The number of ether oxygens (including phenoxy) is 1. The molecule has 152 valence electrons. The van der Waals surface area contributed by atoms with Crippen LogP contribution in [0.2, 0.25) is 0 Å². The van der Waals surface area contributed by atoms with E-state index in [-0.39, 0.29) is 36.3 Å². The lowest BCUT2D eigenvalue weighted by Crippen LogP contribution is -2.41. The number of hydrogen-bond donors (Lipinski definition) is 1. The average molecular weight is 413 g/mol. The molecule has 10 heteroatoms. The summed E-state index contributed by atoms with van der Waals surface area (Å²) in [6.45, 7) is 0.902. The van der Waals surface area contributed by atoms with E-state index in [1.165, 1.54) is 4.90 Å². The summed E-state index contributed by atoms with van der Waals surface area (Å²) in [5.41, 5.74) is -0.0957. The van der Waals surface area contributed by atoms with Crippen LogP contribution in [0.3, 0.4) is 0 Å². The van der Waals surface area contributed by atoms with Gasteiger partial charge in [-0.3, -0.25) is 9.69 Å². The number of carbonyl (C=O) groups excluding carboxylic acids is 2. The Kier molecular flexibility index (Phi) is 5.33. The number of cyclic esters (lactones) is 1. The fraction of sp³-hybridized carbons (Fsp3) is 0.556. The van der Waals surface area contributed by atoms with Crippen molar-refractivity contribution in [3.05, 3.63) is 23.8 Å². The van der Waals surface area contributed by atoms with Gasteiger partial charge in [-0.2, -0.15) is 0 Å². The van der Waals surface area contributed by atoms with Crippen LogP contribution in [0, 0.1) is 17.6 Å². The number of nitrogens with one attached hydrogen (secondary N) is 1. The van der Waals surface area contributed by atoms with Crippen molar-refractivity contribution >= 4 is 34.6 Å². The van der Waals surface area contributed by atoms with Crippen LogP contribution in [0.5, 0.6) is 0 Å². The van der Waals surface area contributed by atoms with Gasteiger partial charge >= 0.3 is 6.09 Å². The molecule has 0 bridgehead atoms. The van der Waals surface area contributed by atoms with Crippen molar-refractivity contribution in [2.24, 2.45) is 5.92 Å². The molecule has 3 aliphatic rings. The molecule has 1 aliphatic carbocycles. The van der Waals surface area contributed by atoms with Gasteiger partial charge in [0.1, 0.15) is 23.3 Å². The summed E-state index contributed by atoms with van der Waals surface area (Å²) in [6.07, 6.45) is 0.476. The van der Waals surface area contributed by atoms with Crippen molar-refractivity contribution in [1.29, 1.82) is 0 Å². The molecule has 1 atom stereocenters. The molecule has 28 heavy (non-hydrogen) atoms. The number of anilines is 2. The second kappa shape index (κ2) is 7.75. The second-order valence-electron chi connectivity index (χ2n) is 7.23.